The van der Waals surface area contributed by atoms with Gasteiger partial charge in [0, 0.05) is 5.56 Å². The van der Waals surface area contributed by atoms with Crippen molar-refractivity contribution in [2.24, 2.45) is 0 Å². The lowest BCUT2D eigenvalue weighted by Gasteiger charge is -2.04. The van der Waals surface area contributed by atoms with Crippen LogP contribution in [0.15, 0.2) is 23.7 Å². The lowest BCUT2D eigenvalue weighted by Crippen LogP contribution is -2.30. The number of benzene rings is 1. The Morgan fingerprint density at radius 2 is 2.28 bits per heavy atom. The van der Waals surface area contributed by atoms with Gasteiger partial charge in [-0.05, 0) is 25.1 Å². The molecular formula is C12H12N2O3S. The largest absolute Gasteiger partial charge is 0.465 e. The molecule has 1 aromatic carbocycles. The second kappa shape index (κ2) is 5.59. The Labute approximate surface area is 108 Å². The van der Waals surface area contributed by atoms with E-state index < -0.39 is 5.97 Å². The summed E-state index contributed by atoms with van der Waals surface area (Å²) in [5, 5.41) is 2.51. The number of hydrogen-bond donors (Lipinski definition) is 1. The van der Waals surface area contributed by atoms with E-state index >= 15 is 0 Å². The van der Waals surface area contributed by atoms with Crippen LogP contribution in [-0.2, 0) is 9.53 Å². The van der Waals surface area contributed by atoms with Crippen molar-refractivity contribution in [2.75, 3.05) is 13.2 Å². The van der Waals surface area contributed by atoms with Crippen molar-refractivity contribution in [2.45, 2.75) is 6.92 Å². The van der Waals surface area contributed by atoms with E-state index in [9.17, 15) is 9.59 Å². The molecule has 1 N–H and O–H groups in total. The molecule has 0 saturated carbocycles. The van der Waals surface area contributed by atoms with Crippen LogP contribution in [0.5, 0.6) is 0 Å². The molecule has 18 heavy (non-hydrogen) atoms. The summed E-state index contributed by atoms with van der Waals surface area (Å²) >= 11 is 1.47. The number of amides is 1. The number of nitrogens with one attached hydrogen (secondary N) is 1. The average Bonchev–Trinajstić information content (AvgIpc) is 2.83. The van der Waals surface area contributed by atoms with Gasteiger partial charge in [0.15, 0.2) is 0 Å². The normalized spacial score (nSPS) is 10.3. The summed E-state index contributed by atoms with van der Waals surface area (Å²) in [5.41, 5.74) is 3.10. The zero-order valence-corrected chi connectivity index (χ0v) is 10.6. The lowest BCUT2D eigenvalue weighted by molar-refractivity contribution is -0.141. The van der Waals surface area contributed by atoms with Crippen molar-refractivity contribution in [1.29, 1.82) is 0 Å². The highest BCUT2D eigenvalue weighted by atomic mass is 32.1. The molecule has 0 aliphatic carbocycles. The van der Waals surface area contributed by atoms with Crippen molar-refractivity contribution in [3.63, 3.8) is 0 Å². The molecule has 6 heteroatoms. The van der Waals surface area contributed by atoms with Crippen molar-refractivity contribution >= 4 is 33.4 Å². The number of carbonyl (C=O) groups excluding carboxylic acids is 2. The third-order valence-corrected chi connectivity index (χ3v) is 3.08. The Kier molecular flexibility index (Phi) is 3.88. The third kappa shape index (κ3) is 2.84. The number of carbonyl (C=O) groups is 2. The molecule has 0 radical (unpaired) electrons. The van der Waals surface area contributed by atoms with Crippen LogP contribution in [0.2, 0.25) is 0 Å². The fourth-order valence-corrected chi connectivity index (χ4v) is 2.18. The number of thiazole rings is 1. The molecule has 0 saturated heterocycles. The maximum absolute atomic E-state index is 11.8. The molecule has 0 atom stereocenters. The number of aromatic nitrogens is 1. The Bertz CT molecular complexity index is 579. The van der Waals surface area contributed by atoms with E-state index in [4.69, 9.17) is 4.74 Å². The molecule has 94 valence electrons. The van der Waals surface area contributed by atoms with Gasteiger partial charge in [0.25, 0.3) is 5.91 Å². The zero-order chi connectivity index (χ0) is 13.0. The standard InChI is InChI=1S/C12H12N2O3S/c1-2-17-11(15)6-13-12(16)8-3-4-9-10(5-8)18-7-14-9/h3-5,7H,2,6H2,1H3,(H,13,16). The summed E-state index contributed by atoms with van der Waals surface area (Å²) in [6.45, 7) is 1.91. The minimum absolute atomic E-state index is 0.118. The van der Waals surface area contributed by atoms with E-state index in [0.29, 0.717) is 12.2 Å². The fourth-order valence-electron chi connectivity index (χ4n) is 1.46. The highest BCUT2D eigenvalue weighted by molar-refractivity contribution is 7.16. The van der Waals surface area contributed by atoms with Crippen molar-refractivity contribution in [3.8, 4) is 0 Å². The van der Waals surface area contributed by atoms with Crippen molar-refractivity contribution < 1.29 is 14.3 Å². The van der Waals surface area contributed by atoms with Crippen LogP contribution >= 0.6 is 11.3 Å². The first kappa shape index (κ1) is 12.5. The van der Waals surface area contributed by atoms with E-state index in [1.807, 2.05) is 0 Å². The van der Waals surface area contributed by atoms with Gasteiger partial charge in [0.05, 0.1) is 22.3 Å². The molecule has 0 bridgehead atoms. The van der Waals surface area contributed by atoms with E-state index in [2.05, 4.69) is 10.3 Å². The molecule has 0 spiro atoms. The zero-order valence-electron chi connectivity index (χ0n) is 9.80. The van der Waals surface area contributed by atoms with Crippen molar-refractivity contribution in [3.05, 3.63) is 29.3 Å². The molecule has 0 fully saturated rings. The first-order valence-corrected chi connectivity index (χ1v) is 6.35. The van der Waals surface area contributed by atoms with Gasteiger partial charge in [-0.3, -0.25) is 9.59 Å². The lowest BCUT2D eigenvalue weighted by atomic mass is 10.2. The van der Waals surface area contributed by atoms with Crippen molar-refractivity contribution in [1.82, 2.24) is 10.3 Å². The maximum atomic E-state index is 11.8. The van der Waals surface area contributed by atoms with Gasteiger partial charge in [-0.1, -0.05) is 0 Å². The molecule has 1 aromatic heterocycles. The number of ether oxygens (including phenoxy) is 1. The Morgan fingerprint density at radius 3 is 3.06 bits per heavy atom. The van der Waals surface area contributed by atoms with E-state index in [-0.39, 0.29) is 12.5 Å². The topological polar surface area (TPSA) is 68.3 Å². The van der Waals surface area contributed by atoms with Gasteiger partial charge in [-0.15, -0.1) is 11.3 Å². The summed E-state index contributed by atoms with van der Waals surface area (Å²) in [5.74, 6) is -0.733. The van der Waals surface area contributed by atoms with Crippen LogP contribution in [0.25, 0.3) is 10.2 Å². The van der Waals surface area contributed by atoms with E-state index in [0.717, 1.165) is 10.2 Å². The fraction of sp³-hybridized carbons (Fsp3) is 0.250. The smallest absolute Gasteiger partial charge is 0.325 e. The number of hydrogen-bond acceptors (Lipinski definition) is 5. The third-order valence-electron chi connectivity index (χ3n) is 2.29. The van der Waals surface area contributed by atoms with Crippen LogP contribution in [-0.4, -0.2) is 30.0 Å². The van der Waals surface area contributed by atoms with Gasteiger partial charge >= 0.3 is 5.97 Å². The average molecular weight is 264 g/mol. The summed E-state index contributed by atoms with van der Waals surface area (Å²) in [6.07, 6.45) is 0. The first-order valence-electron chi connectivity index (χ1n) is 5.47. The predicted molar refractivity (Wildman–Crippen MR) is 68.6 cm³/mol. The van der Waals surface area contributed by atoms with Gasteiger partial charge in [-0.25, -0.2) is 4.98 Å². The minimum atomic E-state index is -0.440. The summed E-state index contributed by atoms with van der Waals surface area (Å²) in [6, 6.07) is 5.22. The minimum Gasteiger partial charge on any atom is -0.465 e. The second-order valence-electron chi connectivity index (χ2n) is 3.52. The second-order valence-corrected chi connectivity index (χ2v) is 4.41. The molecule has 0 unspecified atom stereocenters. The van der Waals surface area contributed by atoms with Gasteiger partial charge in [0.1, 0.15) is 6.54 Å². The van der Waals surface area contributed by atoms with Gasteiger partial charge in [0.2, 0.25) is 0 Å². The van der Waals surface area contributed by atoms with Crippen LogP contribution in [0.3, 0.4) is 0 Å². The number of fused-ring (bicyclic) bond motifs is 1. The van der Waals surface area contributed by atoms with Gasteiger partial charge in [-0.2, -0.15) is 0 Å². The molecule has 0 aliphatic rings. The van der Waals surface area contributed by atoms with Crippen LogP contribution in [0.4, 0.5) is 0 Å². The molecule has 1 heterocycles. The Hall–Kier alpha value is -1.95. The van der Waals surface area contributed by atoms with E-state index in [1.165, 1.54) is 11.3 Å². The molecule has 1 amide bonds. The van der Waals surface area contributed by atoms with Gasteiger partial charge < -0.3 is 10.1 Å². The van der Waals surface area contributed by atoms with Crippen LogP contribution in [0, 0.1) is 0 Å². The molecule has 2 rings (SSSR count). The molecular weight excluding hydrogens is 252 g/mol. The maximum Gasteiger partial charge on any atom is 0.325 e. The highest BCUT2D eigenvalue weighted by Crippen LogP contribution is 2.18. The molecule has 0 aliphatic heterocycles. The Balaban J connectivity index is 2.02. The van der Waals surface area contributed by atoms with E-state index in [1.54, 1.807) is 30.6 Å². The Morgan fingerprint density at radius 1 is 1.44 bits per heavy atom. The summed E-state index contributed by atoms with van der Waals surface area (Å²) < 4.78 is 5.67. The highest BCUT2D eigenvalue weighted by Gasteiger charge is 2.09. The molecule has 2 aromatic rings. The summed E-state index contributed by atoms with van der Waals surface area (Å²) in [4.78, 5) is 27.0. The number of rotatable bonds is 4. The van der Waals surface area contributed by atoms with Crippen LogP contribution < -0.4 is 5.32 Å². The monoisotopic (exact) mass is 264 g/mol. The first-order chi connectivity index (χ1) is 8.70. The summed E-state index contributed by atoms with van der Waals surface area (Å²) in [7, 11) is 0. The molecule has 5 nitrogen and oxygen atoms in total. The van der Waals surface area contributed by atoms with Crippen LogP contribution in [0.1, 0.15) is 17.3 Å². The number of esters is 1. The predicted octanol–water partition coefficient (Wildman–Crippen LogP) is 1.59. The quantitative estimate of drug-likeness (QED) is 0.851. The number of nitrogens with zero attached hydrogens (tertiary/aromatic N) is 1. The SMILES string of the molecule is CCOC(=O)CNC(=O)c1ccc2ncsc2c1.